The predicted octanol–water partition coefficient (Wildman–Crippen LogP) is 4.00. The molecule has 0 spiro atoms. The molecule has 0 aromatic heterocycles. The second kappa shape index (κ2) is 5.21. The van der Waals surface area contributed by atoms with Gasteiger partial charge in [0, 0.05) is 10.9 Å². The van der Waals surface area contributed by atoms with Gasteiger partial charge in [-0.2, -0.15) is 0 Å². The lowest BCUT2D eigenvalue weighted by Crippen LogP contribution is -2.24. The molecule has 1 heterocycles. The smallest absolute Gasteiger partial charge is 0.125 e. The van der Waals surface area contributed by atoms with Crippen molar-refractivity contribution in [1.29, 1.82) is 0 Å². The Morgan fingerprint density at radius 1 is 1.26 bits per heavy atom. The first-order valence-corrected chi connectivity index (χ1v) is 6.95. The number of hydrogen-bond acceptors (Lipinski definition) is 2. The summed E-state index contributed by atoms with van der Waals surface area (Å²) in [6.07, 6.45) is 0.975. The van der Waals surface area contributed by atoms with Crippen molar-refractivity contribution >= 4 is 21.6 Å². The van der Waals surface area contributed by atoms with Gasteiger partial charge in [-0.25, -0.2) is 4.39 Å². The molecule has 3 rings (SSSR count). The summed E-state index contributed by atoms with van der Waals surface area (Å²) in [5, 5.41) is 3.22. The van der Waals surface area contributed by atoms with Gasteiger partial charge in [-0.1, -0.05) is 18.2 Å². The highest BCUT2D eigenvalue weighted by atomic mass is 79.9. The summed E-state index contributed by atoms with van der Waals surface area (Å²) in [5.41, 5.74) is 1.98. The Labute approximate surface area is 119 Å². The van der Waals surface area contributed by atoms with E-state index in [9.17, 15) is 4.39 Å². The van der Waals surface area contributed by atoms with Crippen LogP contribution in [0.5, 0.6) is 5.75 Å². The van der Waals surface area contributed by atoms with E-state index in [2.05, 4.69) is 27.3 Å². The summed E-state index contributed by atoms with van der Waals surface area (Å²) >= 11 is 3.40. The van der Waals surface area contributed by atoms with Crippen LogP contribution in [0.15, 0.2) is 46.9 Å². The van der Waals surface area contributed by atoms with Gasteiger partial charge in [0.2, 0.25) is 0 Å². The average molecular weight is 322 g/mol. The molecule has 1 atom stereocenters. The minimum Gasteiger partial charge on any atom is -0.488 e. The van der Waals surface area contributed by atoms with Crippen LogP contribution in [0, 0.1) is 5.82 Å². The molecule has 0 aliphatic carbocycles. The highest BCUT2D eigenvalue weighted by molar-refractivity contribution is 9.10. The lowest BCUT2D eigenvalue weighted by atomic mass is 10.1. The molecule has 0 saturated heterocycles. The van der Waals surface area contributed by atoms with Gasteiger partial charge in [-0.15, -0.1) is 0 Å². The Bertz CT molecular complexity index is 577. The topological polar surface area (TPSA) is 21.3 Å². The van der Waals surface area contributed by atoms with Crippen molar-refractivity contribution in [3.8, 4) is 5.75 Å². The van der Waals surface area contributed by atoms with Crippen molar-refractivity contribution in [2.24, 2.45) is 0 Å². The summed E-state index contributed by atoms with van der Waals surface area (Å²) in [5.74, 6) is 0.703. The molecule has 0 saturated carbocycles. The molecule has 0 fully saturated rings. The van der Waals surface area contributed by atoms with E-state index in [-0.39, 0.29) is 11.9 Å². The summed E-state index contributed by atoms with van der Waals surface area (Å²) in [6.45, 7) is 0.650. The standard InChI is InChI=1S/C15H13BrFNO/c16-13-6-5-11(17)8-14(13)18-9-12-7-10-3-1-2-4-15(10)19-12/h1-6,8,12,18H,7,9H2. The molecule has 1 unspecified atom stereocenters. The summed E-state index contributed by atoms with van der Waals surface area (Å²) in [7, 11) is 0. The van der Waals surface area contributed by atoms with Gasteiger partial charge < -0.3 is 10.1 Å². The number of fused-ring (bicyclic) bond motifs is 1. The first-order valence-electron chi connectivity index (χ1n) is 6.16. The van der Waals surface area contributed by atoms with Gasteiger partial charge in [0.15, 0.2) is 0 Å². The van der Waals surface area contributed by atoms with Crippen molar-refractivity contribution < 1.29 is 9.13 Å². The highest BCUT2D eigenvalue weighted by Gasteiger charge is 2.22. The Kier molecular flexibility index (Phi) is 3.42. The molecule has 98 valence electrons. The van der Waals surface area contributed by atoms with Crippen molar-refractivity contribution in [2.45, 2.75) is 12.5 Å². The number of para-hydroxylation sites is 1. The Morgan fingerprint density at radius 2 is 2.11 bits per heavy atom. The molecular weight excluding hydrogens is 309 g/mol. The number of nitrogens with one attached hydrogen (secondary N) is 1. The van der Waals surface area contributed by atoms with Gasteiger partial charge >= 0.3 is 0 Å². The molecule has 0 amide bonds. The molecule has 0 bridgehead atoms. The van der Waals surface area contributed by atoms with Crippen LogP contribution < -0.4 is 10.1 Å². The van der Waals surface area contributed by atoms with Crippen LogP contribution in [0.3, 0.4) is 0 Å². The van der Waals surface area contributed by atoms with Crippen LogP contribution >= 0.6 is 15.9 Å². The molecule has 4 heteroatoms. The van der Waals surface area contributed by atoms with Crippen molar-refractivity contribution in [3.05, 3.63) is 58.3 Å². The molecule has 1 N–H and O–H groups in total. The number of hydrogen-bond donors (Lipinski definition) is 1. The summed E-state index contributed by atoms with van der Waals surface area (Å²) in [4.78, 5) is 0. The first kappa shape index (κ1) is 12.5. The number of ether oxygens (including phenoxy) is 1. The SMILES string of the molecule is Fc1ccc(Br)c(NCC2Cc3ccccc3O2)c1. The quantitative estimate of drug-likeness (QED) is 0.922. The fourth-order valence-electron chi connectivity index (χ4n) is 2.22. The maximum Gasteiger partial charge on any atom is 0.125 e. The molecule has 2 aromatic rings. The van der Waals surface area contributed by atoms with Gasteiger partial charge in [0.1, 0.15) is 17.7 Å². The molecule has 1 aliphatic rings. The number of rotatable bonds is 3. The predicted molar refractivity (Wildman–Crippen MR) is 77.2 cm³/mol. The Hall–Kier alpha value is -1.55. The summed E-state index contributed by atoms with van der Waals surface area (Å²) in [6, 6.07) is 12.6. The van der Waals surface area contributed by atoms with Crippen LogP contribution in [-0.4, -0.2) is 12.6 Å². The Balaban J connectivity index is 1.64. The number of benzene rings is 2. The largest absolute Gasteiger partial charge is 0.488 e. The maximum absolute atomic E-state index is 13.2. The van der Waals surface area contributed by atoms with Crippen molar-refractivity contribution in [3.63, 3.8) is 0 Å². The van der Waals surface area contributed by atoms with Crippen LogP contribution in [0.2, 0.25) is 0 Å². The van der Waals surface area contributed by atoms with Crippen molar-refractivity contribution in [1.82, 2.24) is 0 Å². The van der Waals surface area contributed by atoms with E-state index >= 15 is 0 Å². The molecular formula is C15H13BrFNO. The van der Waals surface area contributed by atoms with Gasteiger partial charge in [-0.3, -0.25) is 0 Å². The fraction of sp³-hybridized carbons (Fsp3) is 0.200. The van der Waals surface area contributed by atoms with E-state index in [1.807, 2.05) is 18.2 Å². The average Bonchev–Trinajstić information content (AvgIpc) is 2.82. The highest BCUT2D eigenvalue weighted by Crippen LogP contribution is 2.29. The summed E-state index contributed by atoms with van der Waals surface area (Å²) < 4.78 is 19.8. The minimum absolute atomic E-state index is 0.0903. The minimum atomic E-state index is -0.249. The number of anilines is 1. The second-order valence-corrected chi connectivity index (χ2v) is 5.41. The third-order valence-electron chi connectivity index (χ3n) is 3.16. The van der Waals surface area contributed by atoms with E-state index in [1.54, 1.807) is 6.07 Å². The monoisotopic (exact) mass is 321 g/mol. The zero-order valence-corrected chi connectivity index (χ0v) is 11.8. The van der Waals surface area contributed by atoms with Gasteiger partial charge in [-0.05, 0) is 45.8 Å². The van der Waals surface area contributed by atoms with Gasteiger partial charge in [0.05, 0.1) is 12.2 Å². The normalized spacial score (nSPS) is 16.8. The van der Waals surface area contributed by atoms with Crippen LogP contribution in [0.25, 0.3) is 0 Å². The van der Waals surface area contributed by atoms with Crippen LogP contribution in [-0.2, 0) is 6.42 Å². The maximum atomic E-state index is 13.2. The number of halogens is 2. The van der Waals surface area contributed by atoms with Crippen LogP contribution in [0.4, 0.5) is 10.1 Å². The zero-order chi connectivity index (χ0) is 13.2. The molecule has 1 aliphatic heterocycles. The molecule has 2 nitrogen and oxygen atoms in total. The molecule has 2 aromatic carbocycles. The lowest BCUT2D eigenvalue weighted by Gasteiger charge is -2.14. The third kappa shape index (κ3) is 2.73. The van der Waals surface area contributed by atoms with E-state index < -0.39 is 0 Å². The van der Waals surface area contributed by atoms with E-state index in [0.717, 1.165) is 22.3 Å². The van der Waals surface area contributed by atoms with E-state index in [4.69, 9.17) is 4.74 Å². The Morgan fingerprint density at radius 3 is 2.95 bits per heavy atom. The van der Waals surface area contributed by atoms with Crippen molar-refractivity contribution in [2.75, 3.05) is 11.9 Å². The second-order valence-electron chi connectivity index (χ2n) is 4.56. The molecule has 19 heavy (non-hydrogen) atoms. The zero-order valence-electron chi connectivity index (χ0n) is 10.2. The lowest BCUT2D eigenvalue weighted by molar-refractivity contribution is 0.246. The fourth-order valence-corrected chi connectivity index (χ4v) is 2.61. The van der Waals surface area contributed by atoms with Gasteiger partial charge in [0.25, 0.3) is 0 Å². The van der Waals surface area contributed by atoms with Crippen LogP contribution in [0.1, 0.15) is 5.56 Å². The first-order chi connectivity index (χ1) is 9.22. The molecule has 0 radical (unpaired) electrons. The van der Waals surface area contributed by atoms with E-state index in [1.165, 1.54) is 17.7 Å². The third-order valence-corrected chi connectivity index (χ3v) is 3.85. The van der Waals surface area contributed by atoms with E-state index in [0.29, 0.717) is 6.54 Å².